The van der Waals surface area contributed by atoms with Crippen molar-refractivity contribution in [2.75, 3.05) is 13.7 Å². The Morgan fingerprint density at radius 2 is 1.22 bits per heavy atom. The minimum Gasteiger partial charge on any atom is -0.413 e. The second-order valence-electron chi connectivity index (χ2n) is 10.9. The first-order valence-corrected chi connectivity index (χ1v) is 15.7. The third-order valence-electron chi connectivity index (χ3n) is 7.62. The zero-order chi connectivity index (χ0) is 27.0. The van der Waals surface area contributed by atoms with Crippen molar-refractivity contribution in [3.8, 4) is 0 Å². The zero-order valence-electron chi connectivity index (χ0n) is 23.5. The Morgan fingerprint density at radius 1 is 0.757 bits per heavy atom. The number of aliphatic hydroxyl groups is 1. The normalized spacial score (nSPS) is 24.8. The second kappa shape index (κ2) is 14.0. The molecule has 206 valence electrons. The van der Waals surface area contributed by atoms with Crippen LogP contribution in [0.15, 0.2) is 60.7 Å². The van der Waals surface area contributed by atoms with Gasteiger partial charge in [0, 0.05) is 7.11 Å². The molecular weight excluding hydrogens is 484 g/mol. The number of ether oxygens (including phenoxy) is 4. The van der Waals surface area contributed by atoms with Crippen molar-refractivity contribution in [1.82, 2.24) is 0 Å². The molecule has 1 aliphatic rings. The summed E-state index contributed by atoms with van der Waals surface area (Å²) in [6.45, 7) is 14.7. The molecule has 37 heavy (non-hydrogen) atoms. The smallest absolute Gasteiger partial charge is 0.200 e. The van der Waals surface area contributed by atoms with Gasteiger partial charge in [-0.1, -0.05) is 102 Å². The van der Waals surface area contributed by atoms with Gasteiger partial charge in [0.15, 0.2) is 14.6 Å². The van der Waals surface area contributed by atoms with Gasteiger partial charge in [-0.3, -0.25) is 0 Å². The fraction of sp³-hybridized carbons (Fsp3) is 0.600. The van der Waals surface area contributed by atoms with E-state index in [0.717, 1.165) is 11.1 Å². The van der Waals surface area contributed by atoms with E-state index in [1.165, 1.54) is 0 Å². The maximum absolute atomic E-state index is 11.2. The molecule has 1 N–H and O–H groups in total. The van der Waals surface area contributed by atoms with Crippen molar-refractivity contribution in [3.63, 3.8) is 0 Å². The van der Waals surface area contributed by atoms with Gasteiger partial charge in [0.25, 0.3) is 0 Å². The lowest BCUT2D eigenvalue weighted by atomic mass is 9.98. The van der Waals surface area contributed by atoms with E-state index >= 15 is 0 Å². The molecule has 0 unspecified atom stereocenters. The topological polar surface area (TPSA) is 66.4 Å². The molecule has 0 amide bonds. The highest BCUT2D eigenvalue weighted by Gasteiger charge is 2.50. The number of hydrogen-bond acceptors (Lipinski definition) is 6. The third-order valence-corrected chi connectivity index (χ3v) is 13.7. The van der Waals surface area contributed by atoms with E-state index in [1.807, 2.05) is 60.7 Å². The van der Waals surface area contributed by atoms with Crippen molar-refractivity contribution in [1.29, 1.82) is 0 Å². The van der Waals surface area contributed by atoms with Gasteiger partial charge in [-0.05, 0) is 27.8 Å². The molecule has 0 aliphatic carbocycles. The SMILES string of the molecule is CO[C@@H]1O[C@H](CO[Si](C(C)C)(C(C)C)C(C)C)[C@@H](OCc2ccccc2)[C@H](OCc2ccccc2)[C@H]1O. The Balaban J connectivity index is 1.87. The number of aliphatic hydroxyl groups excluding tert-OH is 1. The summed E-state index contributed by atoms with van der Waals surface area (Å²) in [5.74, 6) is 0. The molecule has 0 saturated carbocycles. The fourth-order valence-corrected chi connectivity index (χ4v) is 11.3. The minimum absolute atomic E-state index is 0.348. The van der Waals surface area contributed by atoms with E-state index in [-0.39, 0.29) is 0 Å². The van der Waals surface area contributed by atoms with Crippen LogP contribution in [-0.2, 0) is 36.6 Å². The Morgan fingerprint density at radius 3 is 1.65 bits per heavy atom. The molecule has 6 nitrogen and oxygen atoms in total. The molecule has 1 fully saturated rings. The van der Waals surface area contributed by atoms with E-state index in [0.29, 0.717) is 36.4 Å². The molecule has 5 atom stereocenters. The Kier molecular flexibility index (Phi) is 11.3. The molecule has 3 rings (SSSR count). The predicted octanol–water partition coefficient (Wildman–Crippen LogP) is 6.08. The molecule has 1 saturated heterocycles. The number of methoxy groups -OCH3 is 1. The first kappa shape index (κ1) is 30.0. The average Bonchev–Trinajstić information content (AvgIpc) is 2.88. The molecule has 0 bridgehead atoms. The van der Waals surface area contributed by atoms with Crippen LogP contribution in [0.5, 0.6) is 0 Å². The van der Waals surface area contributed by atoms with Crippen LogP contribution in [0.2, 0.25) is 16.6 Å². The van der Waals surface area contributed by atoms with Crippen LogP contribution in [0.3, 0.4) is 0 Å². The van der Waals surface area contributed by atoms with Crippen molar-refractivity contribution >= 4 is 8.32 Å². The number of benzene rings is 2. The van der Waals surface area contributed by atoms with Crippen LogP contribution < -0.4 is 0 Å². The van der Waals surface area contributed by atoms with Crippen molar-refractivity contribution in [3.05, 3.63) is 71.8 Å². The summed E-state index contributed by atoms with van der Waals surface area (Å²) < 4.78 is 31.6. The fourth-order valence-electron chi connectivity index (χ4n) is 5.88. The van der Waals surface area contributed by atoms with Gasteiger partial charge in [-0.25, -0.2) is 0 Å². The van der Waals surface area contributed by atoms with Crippen LogP contribution in [0.1, 0.15) is 52.7 Å². The summed E-state index contributed by atoms with van der Waals surface area (Å²) in [6, 6.07) is 20.0. The van der Waals surface area contributed by atoms with E-state index in [4.69, 9.17) is 23.4 Å². The molecule has 1 aliphatic heterocycles. The third kappa shape index (κ3) is 7.29. The van der Waals surface area contributed by atoms with Gasteiger partial charge < -0.3 is 28.5 Å². The Hall–Kier alpha value is -1.58. The van der Waals surface area contributed by atoms with E-state index in [9.17, 15) is 5.11 Å². The average molecular weight is 531 g/mol. The number of rotatable bonds is 13. The van der Waals surface area contributed by atoms with E-state index in [2.05, 4.69) is 41.5 Å². The molecule has 0 spiro atoms. The summed E-state index contributed by atoms with van der Waals surface area (Å²) in [7, 11) is -0.608. The van der Waals surface area contributed by atoms with Gasteiger partial charge in [0.1, 0.15) is 24.4 Å². The van der Waals surface area contributed by atoms with Gasteiger partial charge in [0.05, 0.1) is 19.8 Å². The second-order valence-corrected chi connectivity index (χ2v) is 16.4. The Bertz CT molecular complexity index is 885. The molecule has 1 heterocycles. The van der Waals surface area contributed by atoms with Crippen LogP contribution in [0.4, 0.5) is 0 Å². The van der Waals surface area contributed by atoms with Gasteiger partial charge >= 0.3 is 0 Å². The van der Waals surface area contributed by atoms with Gasteiger partial charge in [0.2, 0.25) is 0 Å². The minimum atomic E-state index is -2.15. The molecular formula is C30H46O6Si. The van der Waals surface area contributed by atoms with Gasteiger partial charge in [-0.2, -0.15) is 0 Å². The summed E-state index contributed by atoms with van der Waals surface area (Å²) in [5.41, 5.74) is 3.38. The lowest BCUT2D eigenvalue weighted by molar-refractivity contribution is -0.310. The Labute approximate surface area is 224 Å². The lowest BCUT2D eigenvalue weighted by Gasteiger charge is -2.47. The van der Waals surface area contributed by atoms with E-state index < -0.39 is 39.0 Å². The summed E-state index contributed by atoms with van der Waals surface area (Å²) >= 11 is 0. The summed E-state index contributed by atoms with van der Waals surface area (Å²) in [6.07, 6.45) is -3.49. The monoisotopic (exact) mass is 530 g/mol. The quantitative estimate of drug-likeness (QED) is 0.317. The number of hydrogen-bond donors (Lipinski definition) is 1. The van der Waals surface area contributed by atoms with Crippen molar-refractivity contribution in [2.45, 2.75) is 102 Å². The molecule has 0 radical (unpaired) electrons. The van der Waals surface area contributed by atoms with Crippen molar-refractivity contribution < 1.29 is 28.5 Å². The molecule has 0 aromatic heterocycles. The van der Waals surface area contributed by atoms with Crippen LogP contribution in [-0.4, -0.2) is 57.8 Å². The molecule has 2 aromatic rings. The highest BCUT2D eigenvalue weighted by molar-refractivity contribution is 6.77. The first-order valence-electron chi connectivity index (χ1n) is 13.5. The van der Waals surface area contributed by atoms with Gasteiger partial charge in [-0.15, -0.1) is 0 Å². The zero-order valence-corrected chi connectivity index (χ0v) is 24.5. The molecule has 2 aromatic carbocycles. The maximum Gasteiger partial charge on any atom is 0.200 e. The highest BCUT2D eigenvalue weighted by Crippen LogP contribution is 2.43. The largest absolute Gasteiger partial charge is 0.413 e. The summed E-state index contributed by atoms with van der Waals surface area (Å²) in [5, 5.41) is 11.2. The standard InChI is InChI=1S/C30H46O6Si/c1-21(2)37(22(3)4,23(5)6)35-20-26-28(33-18-24-14-10-8-11-15-24)29(27(31)30(32-7)36-26)34-19-25-16-12-9-13-17-25/h8-17,21-23,26-31H,18-20H2,1-7H3/t26-,27-,28-,29-,30-/m1/s1. The van der Waals surface area contributed by atoms with Crippen LogP contribution in [0, 0.1) is 0 Å². The first-order chi connectivity index (χ1) is 17.7. The maximum atomic E-state index is 11.2. The van der Waals surface area contributed by atoms with Crippen molar-refractivity contribution in [2.24, 2.45) is 0 Å². The van der Waals surface area contributed by atoms with Crippen LogP contribution >= 0.6 is 0 Å². The predicted molar refractivity (Wildman–Crippen MR) is 149 cm³/mol. The lowest BCUT2D eigenvalue weighted by Crippen LogP contribution is -2.62. The highest BCUT2D eigenvalue weighted by atomic mass is 28.4. The molecule has 7 heteroatoms. The summed E-state index contributed by atoms with van der Waals surface area (Å²) in [4.78, 5) is 0. The van der Waals surface area contributed by atoms with E-state index in [1.54, 1.807) is 7.11 Å². The van der Waals surface area contributed by atoms with Crippen LogP contribution in [0.25, 0.3) is 0 Å².